The zero-order valence-corrected chi connectivity index (χ0v) is 21.2. The number of unbranched alkanes of at least 4 members (excludes halogenated alkanes) is 1. The normalized spacial score (nSPS) is 19.6. The number of nitro groups is 1. The van der Waals surface area contributed by atoms with E-state index in [9.17, 15) is 38.9 Å². The molecule has 3 atom stereocenters. The van der Waals surface area contributed by atoms with E-state index < -0.39 is 89.4 Å². The third kappa shape index (κ3) is 9.50. The quantitative estimate of drug-likeness (QED) is 0.0892. The van der Waals surface area contributed by atoms with E-state index in [1.165, 1.54) is 0 Å². The number of carboxylic acid groups (broad SMARTS) is 2. The van der Waals surface area contributed by atoms with Crippen molar-refractivity contribution in [3.8, 4) is 5.75 Å². The highest BCUT2D eigenvalue weighted by Gasteiger charge is 2.32. The summed E-state index contributed by atoms with van der Waals surface area (Å²) in [5.41, 5.74) is 4.60. The number of hydrogen-bond donors (Lipinski definition) is 7. The third-order valence-electron chi connectivity index (χ3n) is 5.72. The minimum absolute atomic E-state index is 0.0606. The highest BCUT2D eigenvalue weighted by atomic mass is 16.6. The average molecular weight is 567 g/mol. The molecular formula is C23H30N6O11. The number of nitrogens with one attached hydrogen (secondary N) is 4. The number of nitrogens with two attached hydrogens (primary N) is 1. The van der Waals surface area contributed by atoms with Gasteiger partial charge in [-0.15, -0.1) is 0 Å². The van der Waals surface area contributed by atoms with E-state index in [0.717, 1.165) is 18.2 Å². The van der Waals surface area contributed by atoms with Gasteiger partial charge in [-0.2, -0.15) is 0 Å². The SMILES string of the molecule is NCCCC[C@@H]1NC(=O)[C@H](CCC(=O)O)NC(=O)c2cc([N+](=O)[O-])ccc2OC[C@@H](C(=O)NCC(=O)O)NC1=O. The molecule has 2 rings (SSSR count). The van der Waals surface area contributed by atoms with Crippen molar-refractivity contribution in [2.75, 3.05) is 19.7 Å². The Balaban J connectivity index is 2.53. The fraction of sp³-hybridized carbons (Fsp3) is 0.478. The Morgan fingerprint density at radius 1 is 1.02 bits per heavy atom. The number of benzene rings is 1. The fourth-order valence-corrected chi connectivity index (χ4v) is 3.66. The molecule has 0 aliphatic carbocycles. The third-order valence-corrected chi connectivity index (χ3v) is 5.72. The number of aliphatic carboxylic acids is 2. The van der Waals surface area contributed by atoms with Gasteiger partial charge in [0.05, 0.1) is 10.5 Å². The molecule has 40 heavy (non-hydrogen) atoms. The molecule has 1 aromatic rings. The first-order valence-corrected chi connectivity index (χ1v) is 12.2. The highest BCUT2D eigenvalue weighted by Crippen LogP contribution is 2.25. The molecule has 0 bridgehead atoms. The molecular weight excluding hydrogens is 536 g/mol. The van der Waals surface area contributed by atoms with Crippen LogP contribution in [0.25, 0.3) is 0 Å². The number of carbonyl (C=O) groups is 6. The molecule has 0 saturated carbocycles. The maximum Gasteiger partial charge on any atom is 0.322 e. The first kappa shape index (κ1) is 31.4. The Morgan fingerprint density at radius 3 is 2.33 bits per heavy atom. The summed E-state index contributed by atoms with van der Waals surface area (Å²) in [6, 6.07) is -1.26. The minimum atomic E-state index is -1.50. The van der Waals surface area contributed by atoms with E-state index in [4.69, 9.17) is 20.7 Å². The summed E-state index contributed by atoms with van der Waals surface area (Å²) in [5, 5.41) is 38.6. The first-order valence-electron chi connectivity index (χ1n) is 12.2. The number of nitro benzene ring substituents is 1. The van der Waals surface area contributed by atoms with Crippen molar-refractivity contribution in [3.05, 3.63) is 33.9 Å². The maximum absolute atomic E-state index is 13.2. The van der Waals surface area contributed by atoms with Crippen molar-refractivity contribution in [1.29, 1.82) is 0 Å². The zero-order valence-electron chi connectivity index (χ0n) is 21.2. The van der Waals surface area contributed by atoms with Gasteiger partial charge >= 0.3 is 11.9 Å². The summed E-state index contributed by atoms with van der Waals surface area (Å²) in [5.74, 6) is -6.61. The van der Waals surface area contributed by atoms with Crippen LogP contribution in [0.5, 0.6) is 5.75 Å². The van der Waals surface area contributed by atoms with Crippen LogP contribution in [0, 0.1) is 10.1 Å². The molecule has 4 amide bonds. The Morgan fingerprint density at radius 2 is 1.70 bits per heavy atom. The number of carbonyl (C=O) groups excluding carboxylic acids is 4. The van der Waals surface area contributed by atoms with Crippen molar-refractivity contribution < 1.29 is 48.6 Å². The van der Waals surface area contributed by atoms with Crippen LogP contribution in [0.15, 0.2) is 18.2 Å². The Labute approximate surface area is 226 Å². The largest absolute Gasteiger partial charge is 0.490 e. The van der Waals surface area contributed by atoms with Gasteiger partial charge in [-0.3, -0.25) is 38.9 Å². The van der Waals surface area contributed by atoms with Crippen molar-refractivity contribution in [2.45, 2.75) is 50.2 Å². The average Bonchev–Trinajstić information content (AvgIpc) is 2.90. The second-order valence-corrected chi connectivity index (χ2v) is 8.73. The lowest BCUT2D eigenvalue weighted by Crippen LogP contribution is -2.57. The van der Waals surface area contributed by atoms with Gasteiger partial charge in [0, 0.05) is 18.6 Å². The van der Waals surface area contributed by atoms with Gasteiger partial charge in [0.25, 0.3) is 11.6 Å². The fourth-order valence-electron chi connectivity index (χ4n) is 3.66. The summed E-state index contributed by atoms with van der Waals surface area (Å²) < 4.78 is 5.57. The number of rotatable bonds is 11. The number of hydrogen-bond acceptors (Lipinski definition) is 10. The number of non-ortho nitro benzene ring substituents is 1. The van der Waals surface area contributed by atoms with Gasteiger partial charge in [-0.05, 0) is 38.3 Å². The molecule has 0 radical (unpaired) electrons. The van der Waals surface area contributed by atoms with E-state index >= 15 is 0 Å². The monoisotopic (exact) mass is 566 g/mol. The van der Waals surface area contributed by atoms with Gasteiger partial charge in [0.2, 0.25) is 17.7 Å². The minimum Gasteiger partial charge on any atom is -0.490 e. The van der Waals surface area contributed by atoms with E-state index in [1.54, 1.807) is 0 Å². The van der Waals surface area contributed by atoms with Gasteiger partial charge in [-0.1, -0.05) is 0 Å². The van der Waals surface area contributed by atoms with Gasteiger partial charge < -0.3 is 42.0 Å². The number of amides is 4. The molecule has 1 aliphatic rings. The van der Waals surface area contributed by atoms with Crippen molar-refractivity contribution in [3.63, 3.8) is 0 Å². The number of carboxylic acids is 2. The van der Waals surface area contributed by atoms with Crippen LogP contribution in [0.4, 0.5) is 5.69 Å². The second-order valence-electron chi connectivity index (χ2n) is 8.73. The van der Waals surface area contributed by atoms with Crippen LogP contribution in [0.3, 0.4) is 0 Å². The summed E-state index contributed by atoms with van der Waals surface area (Å²) in [6.45, 7) is -1.11. The lowest BCUT2D eigenvalue weighted by atomic mass is 10.1. The van der Waals surface area contributed by atoms with Crippen LogP contribution >= 0.6 is 0 Å². The molecule has 0 spiro atoms. The van der Waals surface area contributed by atoms with Crippen molar-refractivity contribution >= 4 is 41.3 Å². The van der Waals surface area contributed by atoms with Gasteiger partial charge in [0.15, 0.2) is 0 Å². The molecule has 1 heterocycles. The molecule has 17 heteroatoms. The molecule has 0 saturated heterocycles. The van der Waals surface area contributed by atoms with Crippen molar-refractivity contribution in [2.24, 2.45) is 5.73 Å². The van der Waals surface area contributed by atoms with Crippen LogP contribution in [-0.2, 0) is 24.0 Å². The second kappa shape index (κ2) is 15.0. The van der Waals surface area contributed by atoms with Crippen LogP contribution in [0.1, 0.15) is 42.5 Å². The van der Waals surface area contributed by atoms with E-state index in [0.29, 0.717) is 12.8 Å². The zero-order chi connectivity index (χ0) is 29.8. The van der Waals surface area contributed by atoms with Crippen LogP contribution in [0.2, 0.25) is 0 Å². The predicted molar refractivity (Wildman–Crippen MR) is 134 cm³/mol. The van der Waals surface area contributed by atoms with E-state index in [2.05, 4.69) is 21.3 Å². The lowest BCUT2D eigenvalue weighted by Gasteiger charge is -2.24. The Hall–Kier alpha value is -4.80. The molecule has 0 aromatic heterocycles. The maximum atomic E-state index is 13.2. The van der Waals surface area contributed by atoms with Crippen molar-refractivity contribution in [1.82, 2.24) is 21.3 Å². The molecule has 0 unspecified atom stereocenters. The number of ether oxygens (including phenoxy) is 1. The smallest absolute Gasteiger partial charge is 0.322 e. The van der Waals surface area contributed by atoms with E-state index in [-0.39, 0.29) is 25.1 Å². The van der Waals surface area contributed by atoms with Gasteiger partial charge in [-0.25, -0.2) is 0 Å². The molecule has 1 aliphatic heterocycles. The molecule has 17 nitrogen and oxygen atoms in total. The Kier molecular flexibility index (Phi) is 11.7. The number of nitrogens with zero attached hydrogens (tertiary/aromatic N) is 1. The topological polar surface area (TPSA) is 269 Å². The summed E-state index contributed by atoms with van der Waals surface area (Å²) in [7, 11) is 0. The summed E-state index contributed by atoms with van der Waals surface area (Å²) in [4.78, 5) is 84.7. The first-order chi connectivity index (χ1) is 18.9. The van der Waals surface area contributed by atoms with Gasteiger partial charge in [0.1, 0.15) is 37.0 Å². The molecule has 8 N–H and O–H groups in total. The summed E-state index contributed by atoms with van der Waals surface area (Å²) in [6.07, 6.45) is 0.00801. The standard InChI is InChI=1S/C23H30N6O11/c24-8-2-1-3-14-22(36)28-16(21(35)25-10-19(32)33)11-40-17-6-4-12(29(38)39)9-13(17)20(34)26-15(23(37)27-14)5-7-18(30)31/h4,6,9,14-16H,1-3,5,7-8,10-11,24H2,(H,25,35)(H,26,34)(H,27,37)(H,28,36)(H,30,31)(H,32,33)/t14-,15-,16-/m0/s1. The van der Waals surface area contributed by atoms with E-state index in [1.807, 2.05) is 0 Å². The Bertz CT molecular complexity index is 1160. The van der Waals surface area contributed by atoms with Crippen LogP contribution in [-0.4, -0.2) is 88.5 Å². The summed E-state index contributed by atoms with van der Waals surface area (Å²) >= 11 is 0. The molecule has 1 aromatic carbocycles. The lowest BCUT2D eigenvalue weighted by molar-refractivity contribution is -0.384. The number of fused-ring (bicyclic) bond motifs is 1. The molecule has 218 valence electrons. The predicted octanol–water partition coefficient (Wildman–Crippen LogP) is -1.75. The van der Waals surface area contributed by atoms with Crippen LogP contribution < -0.4 is 31.7 Å². The molecule has 0 fully saturated rings. The highest BCUT2D eigenvalue weighted by molar-refractivity contribution is 6.01.